The standard InChI is InChI=1S/C41H66O12/c1-20(2)21-10-15-41(36(49)53-35-33(48)31(46)30(45)24(18-42)51-35)17-16-39(6)22(28(21)41)8-9-26-38(5)13-12-27(37(3,4)25(38)11-14-40(26,39)7)52-34-32(47)29(44)23(43)19-50-34/h21-35,42-48H,1,8-19H2,2-7H3/t21-,22?,23-,24?,25?,26?,27-,28?,29?,30+,31?,32?,33?,34-,35-,38-,39+,40+,41-/m0/s1. The molecule has 0 radical (unpaired) electrons. The maximum atomic E-state index is 14.5. The van der Waals surface area contributed by atoms with Gasteiger partial charge in [-0.05, 0) is 122 Å². The van der Waals surface area contributed by atoms with Gasteiger partial charge in [-0.1, -0.05) is 46.8 Å². The van der Waals surface area contributed by atoms with Gasteiger partial charge in [0.05, 0.1) is 24.7 Å². The van der Waals surface area contributed by atoms with Crippen LogP contribution in [0.15, 0.2) is 12.2 Å². The van der Waals surface area contributed by atoms with Gasteiger partial charge in [0.25, 0.3) is 0 Å². The molecule has 0 spiro atoms. The van der Waals surface area contributed by atoms with Gasteiger partial charge in [0.2, 0.25) is 6.29 Å². The van der Waals surface area contributed by atoms with Crippen LogP contribution in [0.2, 0.25) is 0 Å². The van der Waals surface area contributed by atoms with Crippen LogP contribution in [0.1, 0.15) is 106 Å². The molecule has 0 aromatic rings. The van der Waals surface area contributed by atoms with Crippen molar-refractivity contribution in [2.75, 3.05) is 13.2 Å². The fraction of sp³-hybridized carbons (Fsp3) is 0.927. The fourth-order valence-electron chi connectivity index (χ4n) is 14.2. The molecule has 0 aromatic carbocycles. The molecule has 302 valence electrons. The molecule has 2 saturated heterocycles. The first kappa shape index (κ1) is 40.0. The SMILES string of the molecule is C=C(C)[C@@H]1CC[C@]2(C(=O)O[C@@H]3OC(CO)[C@@H](O)C(O)C3O)CC[C@]3(C)C(CCC4[C@@]5(C)CC[C@H](O[C@@H]6OC[C@H](O)C(O)C6O)C(C)(C)C5CC[C@]43C)C12. The predicted octanol–water partition coefficient (Wildman–Crippen LogP) is 2.81. The highest BCUT2D eigenvalue weighted by Crippen LogP contribution is 2.77. The molecule has 7 fully saturated rings. The first-order valence-corrected chi connectivity index (χ1v) is 20.3. The van der Waals surface area contributed by atoms with E-state index in [0.29, 0.717) is 24.7 Å². The molecule has 9 unspecified atom stereocenters. The number of carbonyl (C=O) groups excluding carboxylic acids is 1. The van der Waals surface area contributed by atoms with Crippen molar-refractivity contribution in [3.63, 3.8) is 0 Å². The Bertz CT molecular complexity index is 1400. The molecule has 12 heteroatoms. The van der Waals surface area contributed by atoms with Crippen molar-refractivity contribution in [3.05, 3.63) is 12.2 Å². The van der Waals surface area contributed by atoms with Crippen molar-refractivity contribution in [2.24, 2.45) is 56.7 Å². The minimum absolute atomic E-state index is 0.00339. The second-order valence-corrected chi connectivity index (χ2v) is 19.7. The Hall–Kier alpha value is -1.19. The van der Waals surface area contributed by atoms with Crippen molar-refractivity contribution in [1.82, 2.24) is 0 Å². The molecule has 0 amide bonds. The molecule has 7 N–H and O–H groups in total. The van der Waals surface area contributed by atoms with E-state index in [9.17, 15) is 40.5 Å². The largest absolute Gasteiger partial charge is 0.432 e. The van der Waals surface area contributed by atoms with E-state index >= 15 is 0 Å². The summed E-state index contributed by atoms with van der Waals surface area (Å²) in [4.78, 5) is 14.5. The summed E-state index contributed by atoms with van der Waals surface area (Å²) in [6, 6.07) is 0. The minimum atomic E-state index is -1.64. The third-order valence-corrected chi connectivity index (χ3v) is 17.2. The molecule has 7 rings (SSSR count). The van der Waals surface area contributed by atoms with E-state index in [4.69, 9.17) is 18.9 Å². The summed E-state index contributed by atoms with van der Waals surface area (Å²) in [5.74, 6) is 0.739. The average Bonchev–Trinajstić information content (AvgIpc) is 3.51. The van der Waals surface area contributed by atoms with Gasteiger partial charge in [0, 0.05) is 0 Å². The van der Waals surface area contributed by atoms with E-state index in [0.717, 1.165) is 56.9 Å². The van der Waals surface area contributed by atoms with Gasteiger partial charge in [0.1, 0.15) is 42.7 Å². The molecule has 53 heavy (non-hydrogen) atoms. The van der Waals surface area contributed by atoms with E-state index in [-0.39, 0.29) is 52.1 Å². The van der Waals surface area contributed by atoms with Gasteiger partial charge in [-0.15, -0.1) is 0 Å². The van der Waals surface area contributed by atoms with Crippen LogP contribution < -0.4 is 0 Å². The number of aliphatic hydroxyl groups excluding tert-OH is 7. The molecule has 2 aliphatic heterocycles. The Kier molecular flexibility index (Phi) is 10.4. The lowest BCUT2D eigenvalue weighted by atomic mass is 9.32. The molecule has 0 aromatic heterocycles. The van der Waals surface area contributed by atoms with Crippen molar-refractivity contribution < 1.29 is 59.5 Å². The zero-order valence-corrected chi connectivity index (χ0v) is 32.5. The third-order valence-electron chi connectivity index (χ3n) is 17.2. The molecule has 5 saturated carbocycles. The molecule has 7 aliphatic rings. The minimum Gasteiger partial charge on any atom is -0.432 e. The summed E-state index contributed by atoms with van der Waals surface area (Å²) in [5, 5.41) is 72.3. The Labute approximate surface area is 314 Å². The number of fused-ring (bicyclic) bond motifs is 7. The van der Waals surface area contributed by atoms with Crippen LogP contribution in [0.5, 0.6) is 0 Å². The van der Waals surface area contributed by atoms with Gasteiger partial charge in [0.15, 0.2) is 6.29 Å². The quantitative estimate of drug-likeness (QED) is 0.119. The van der Waals surface area contributed by atoms with Crippen LogP contribution >= 0.6 is 0 Å². The fourth-order valence-corrected chi connectivity index (χ4v) is 14.2. The van der Waals surface area contributed by atoms with Crippen LogP contribution in [0.4, 0.5) is 0 Å². The van der Waals surface area contributed by atoms with E-state index in [1.807, 2.05) is 0 Å². The average molecular weight is 751 g/mol. The number of aliphatic hydroxyl groups is 7. The van der Waals surface area contributed by atoms with Crippen LogP contribution in [-0.2, 0) is 23.7 Å². The lowest BCUT2D eigenvalue weighted by Crippen LogP contribution is -2.67. The van der Waals surface area contributed by atoms with E-state index in [1.54, 1.807) is 0 Å². The van der Waals surface area contributed by atoms with Gasteiger partial charge < -0.3 is 54.7 Å². The monoisotopic (exact) mass is 750 g/mol. The second kappa shape index (κ2) is 13.7. The summed E-state index contributed by atoms with van der Waals surface area (Å²) >= 11 is 0. The number of ether oxygens (including phenoxy) is 4. The van der Waals surface area contributed by atoms with Crippen LogP contribution in [-0.4, -0.2) is 116 Å². The number of allylic oxidation sites excluding steroid dienone is 1. The molecule has 5 aliphatic carbocycles. The summed E-state index contributed by atoms with van der Waals surface area (Å²) < 4.78 is 23.8. The van der Waals surface area contributed by atoms with E-state index < -0.39 is 73.3 Å². The maximum Gasteiger partial charge on any atom is 0.314 e. The topological polar surface area (TPSA) is 196 Å². The predicted molar refractivity (Wildman–Crippen MR) is 191 cm³/mol. The van der Waals surface area contributed by atoms with Crippen molar-refractivity contribution in [1.29, 1.82) is 0 Å². The molecule has 19 atom stereocenters. The van der Waals surface area contributed by atoms with Crippen LogP contribution in [0.25, 0.3) is 0 Å². The molecule has 12 nitrogen and oxygen atoms in total. The zero-order valence-electron chi connectivity index (χ0n) is 32.5. The van der Waals surface area contributed by atoms with Crippen LogP contribution in [0, 0.1) is 56.7 Å². The summed E-state index contributed by atoms with van der Waals surface area (Å²) in [5.41, 5.74) is 0.00865. The van der Waals surface area contributed by atoms with Crippen molar-refractivity contribution in [3.8, 4) is 0 Å². The Balaban J connectivity index is 1.14. The molecule has 0 bridgehead atoms. The van der Waals surface area contributed by atoms with Gasteiger partial charge >= 0.3 is 5.97 Å². The molecular formula is C41H66O12. The Morgan fingerprint density at radius 2 is 1.45 bits per heavy atom. The number of rotatable bonds is 6. The summed E-state index contributed by atoms with van der Waals surface area (Å²) in [7, 11) is 0. The maximum absolute atomic E-state index is 14.5. The van der Waals surface area contributed by atoms with Crippen molar-refractivity contribution >= 4 is 5.97 Å². The van der Waals surface area contributed by atoms with E-state index in [2.05, 4.69) is 48.1 Å². The smallest absolute Gasteiger partial charge is 0.314 e. The third kappa shape index (κ3) is 5.77. The first-order valence-electron chi connectivity index (χ1n) is 20.3. The summed E-state index contributed by atoms with van der Waals surface area (Å²) in [6.45, 7) is 17.9. The highest BCUT2D eigenvalue weighted by molar-refractivity contribution is 5.78. The number of hydrogen-bond acceptors (Lipinski definition) is 12. The Morgan fingerprint density at radius 1 is 0.755 bits per heavy atom. The number of esters is 1. The number of carbonyl (C=O) groups is 1. The zero-order chi connectivity index (χ0) is 38.6. The van der Waals surface area contributed by atoms with Gasteiger partial charge in [-0.2, -0.15) is 0 Å². The number of hydrogen-bond donors (Lipinski definition) is 7. The lowest BCUT2D eigenvalue weighted by molar-refractivity contribution is -0.312. The highest BCUT2D eigenvalue weighted by Gasteiger charge is 2.72. The van der Waals surface area contributed by atoms with Gasteiger partial charge in [-0.3, -0.25) is 4.79 Å². The van der Waals surface area contributed by atoms with E-state index in [1.165, 1.54) is 0 Å². The summed E-state index contributed by atoms with van der Waals surface area (Å²) in [6.07, 6.45) is -3.62. The lowest BCUT2D eigenvalue weighted by Gasteiger charge is -2.73. The Morgan fingerprint density at radius 3 is 2.13 bits per heavy atom. The van der Waals surface area contributed by atoms with Gasteiger partial charge in [-0.25, -0.2) is 0 Å². The highest BCUT2D eigenvalue weighted by atomic mass is 16.7. The molecule has 2 heterocycles. The molecular weight excluding hydrogens is 684 g/mol. The normalized spacial score (nSPS) is 54.8. The second-order valence-electron chi connectivity index (χ2n) is 19.7. The van der Waals surface area contributed by atoms with Crippen molar-refractivity contribution in [2.45, 2.75) is 167 Å². The first-order chi connectivity index (χ1) is 24.8. The van der Waals surface area contributed by atoms with Crippen LogP contribution in [0.3, 0.4) is 0 Å².